The van der Waals surface area contributed by atoms with E-state index in [0.717, 1.165) is 31.2 Å². The summed E-state index contributed by atoms with van der Waals surface area (Å²) in [4.78, 5) is 4.30. The quantitative estimate of drug-likeness (QED) is 0.651. The van der Waals surface area contributed by atoms with Crippen molar-refractivity contribution < 1.29 is 0 Å². The highest BCUT2D eigenvalue weighted by Gasteiger charge is 2.09. The van der Waals surface area contributed by atoms with Crippen molar-refractivity contribution in [2.24, 2.45) is 0 Å². The van der Waals surface area contributed by atoms with Gasteiger partial charge in [-0.1, -0.05) is 0 Å². The Morgan fingerprint density at radius 2 is 2.62 bits per heavy atom. The van der Waals surface area contributed by atoms with E-state index in [-0.39, 0.29) is 0 Å². The van der Waals surface area contributed by atoms with E-state index in [9.17, 15) is 0 Å². The lowest BCUT2D eigenvalue weighted by atomic mass is 10.4. The summed E-state index contributed by atoms with van der Waals surface area (Å²) in [7, 11) is 0. The average Bonchev–Trinajstić information content (AvgIpc) is 2.57. The highest BCUT2D eigenvalue weighted by molar-refractivity contribution is 5.50. The van der Waals surface area contributed by atoms with Gasteiger partial charge < -0.3 is 9.88 Å². The molecule has 4 nitrogen and oxygen atoms in total. The van der Waals surface area contributed by atoms with Gasteiger partial charge >= 0.3 is 0 Å². The SMILES string of the molecule is N#C/C=C/c1cn2c(n1)NCCC2. The van der Waals surface area contributed by atoms with Crippen LogP contribution in [0, 0.1) is 11.3 Å². The van der Waals surface area contributed by atoms with Crippen LogP contribution in [0.4, 0.5) is 5.95 Å². The monoisotopic (exact) mass is 174 g/mol. The zero-order valence-corrected chi connectivity index (χ0v) is 7.20. The molecule has 2 heterocycles. The van der Waals surface area contributed by atoms with Gasteiger partial charge in [-0.25, -0.2) is 4.98 Å². The van der Waals surface area contributed by atoms with E-state index < -0.39 is 0 Å². The van der Waals surface area contributed by atoms with Crippen LogP contribution >= 0.6 is 0 Å². The summed E-state index contributed by atoms with van der Waals surface area (Å²) in [5.74, 6) is 0.906. The highest BCUT2D eigenvalue weighted by Crippen LogP contribution is 2.14. The van der Waals surface area contributed by atoms with Gasteiger partial charge in [0.15, 0.2) is 0 Å². The number of hydrogen-bond acceptors (Lipinski definition) is 3. The van der Waals surface area contributed by atoms with Gasteiger partial charge in [0.25, 0.3) is 0 Å². The second kappa shape index (κ2) is 3.31. The maximum atomic E-state index is 8.34. The van der Waals surface area contributed by atoms with Crippen LogP contribution in [-0.4, -0.2) is 16.1 Å². The number of aromatic nitrogens is 2. The molecule has 0 spiro atoms. The highest BCUT2D eigenvalue weighted by atomic mass is 15.2. The minimum absolute atomic E-state index is 0.839. The third kappa shape index (κ3) is 1.54. The van der Waals surface area contributed by atoms with Crippen LogP contribution in [0.5, 0.6) is 0 Å². The largest absolute Gasteiger partial charge is 0.356 e. The van der Waals surface area contributed by atoms with Crippen LogP contribution in [0.25, 0.3) is 6.08 Å². The molecular weight excluding hydrogens is 164 g/mol. The normalized spacial score (nSPS) is 15.0. The van der Waals surface area contributed by atoms with E-state index in [2.05, 4.69) is 14.9 Å². The van der Waals surface area contributed by atoms with Crippen LogP contribution in [0.15, 0.2) is 12.3 Å². The van der Waals surface area contributed by atoms with Crippen molar-refractivity contribution in [3.8, 4) is 6.07 Å². The molecule has 1 aliphatic rings. The number of allylic oxidation sites excluding steroid dienone is 1. The lowest BCUT2D eigenvalue weighted by molar-refractivity contribution is 0.627. The molecule has 1 aliphatic heterocycles. The zero-order chi connectivity index (χ0) is 9.10. The molecule has 1 aromatic rings. The molecule has 0 aromatic carbocycles. The van der Waals surface area contributed by atoms with Crippen LogP contribution in [0.1, 0.15) is 12.1 Å². The first-order valence-electron chi connectivity index (χ1n) is 4.27. The predicted molar refractivity (Wildman–Crippen MR) is 50.0 cm³/mol. The Hall–Kier alpha value is -1.76. The van der Waals surface area contributed by atoms with Crippen molar-refractivity contribution in [1.29, 1.82) is 5.26 Å². The molecule has 0 saturated carbocycles. The molecule has 0 bridgehead atoms. The Kier molecular flexibility index (Phi) is 2.01. The summed E-state index contributed by atoms with van der Waals surface area (Å²) in [5.41, 5.74) is 0.839. The number of fused-ring (bicyclic) bond motifs is 1. The minimum Gasteiger partial charge on any atom is -0.356 e. The number of rotatable bonds is 1. The summed E-state index contributed by atoms with van der Waals surface area (Å²) in [6, 6.07) is 1.95. The van der Waals surface area contributed by atoms with E-state index in [1.807, 2.05) is 12.3 Å². The Morgan fingerprint density at radius 1 is 1.69 bits per heavy atom. The van der Waals surface area contributed by atoms with Gasteiger partial charge in [0.1, 0.15) is 0 Å². The summed E-state index contributed by atoms with van der Waals surface area (Å²) in [6.45, 7) is 1.99. The number of anilines is 1. The minimum atomic E-state index is 0.839. The summed E-state index contributed by atoms with van der Waals surface area (Å²) in [6.07, 6.45) is 6.24. The number of aryl methyl sites for hydroxylation is 1. The fraction of sp³-hybridized carbons (Fsp3) is 0.333. The van der Waals surface area contributed by atoms with Crippen molar-refractivity contribution in [2.75, 3.05) is 11.9 Å². The van der Waals surface area contributed by atoms with Gasteiger partial charge in [-0.15, -0.1) is 0 Å². The lowest BCUT2D eigenvalue weighted by Gasteiger charge is -2.14. The molecule has 0 radical (unpaired) electrons. The molecule has 2 rings (SSSR count). The third-order valence-corrected chi connectivity index (χ3v) is 1.98. The van der Waals surface area contributed by atoms with Crippen LogP contribution in [0.3, 0.4) is 0 Å². The van der Waals surface area contributed by atoms with Gasteiger partial charge in [-0.3, -0.25) is 0 Å². The average molecular weight is 174 g/mol. The molecule has 0 saturated heterocycles. The van der Waals surface area contributed by atoms with Gasteiger partial charge in [0.2, 0.25) is 5.95 Å². The maximum absolute atomic E-state index is 8.34. The Balaban J connectivity index is 2.26. The molecular formula is C9H10N4. The first kappa shape index (κ1) is 7.87. The molecule has 0 atom stereocenters. The number of imidazole rings is 1. The zero-order valence-electron chi connectivity index (χ0n) is 7.20. The van der Waals surface area contributed by atoms with E-state index in [0.29, 0.717) is 0 Å². The number of nitrogens with one attached hydrogen (secondary N) is 1. The van der Waals surface area contributed by atoms with Gasteiger partial charge in [0, 0.05) is 25.4 Å². The van der Waals surface area contributed by atoms with Crippen molar-refractivity contribution >= 4 is 12.0 Å². The molecule has 0 fully saturated rings. The number of hydrogen-bond donors (Lipinski definition) is 1. The summed E-state index contributed by atoms with van der Waals surface area (Å²) < 4.78 is 2.07. The molecule has 1 N–H and O–H groups in total. The van der Waals surface area contributed by atoms with Crippen LogP contribution in [0.2, 0.25) is 0 Å². The smallest absolute Gasteiger partial charge is 0.203 e. The Bertz CT molecular complexity index is 346. The van der Waals surface area contributed by atoms with E-state index in [4.69, 9.17) is 5.26 Å². The fourth-order valence-electron chi connectivity index (χ4n) is 1.40. The Morgan fingerprint density at radius 3 is 3.38 bits per heavy atom. The van der Waals surface area contributed by atoms with Gasteiger partial charge in [0.05, 0.1) is 11.8 Å². The van der Waals surface area contributed by atoms with E-state index >= 15 is 0 Å². The van der Waals surface area contributed by atoms with E-state index in [1.165, 1.54) is 6.08 Å². The second-order valence-electron chi connectivity index (χ2n) is 2.93. The summed E-state index contributed by atoms with van der Waals surface area (Å²) in [5, 5.41) is 11.5. The molecule has 0 amide bonds. The second-order valence-corrected chi connectivity index (χ2v) is 2.93. The first-order valence-corrected chi connectivity index (χ1v) is 4.27. The number of nitriles is 1. The third-order valence-electron chi connectivity index (χ3n) is 1.98. The standard InChI is InChI=1S/C9H10N4/c10-4-1-3-8-7-13-6-2-5-11-9(13)12-8/h1,3,7H,2,5-6H2,(H,11,12)/b3-1+. The van der Waals surface area contributed by atoms with Gasteiger partial charge in [-0.2, -0.15) is 5.26 Å². The van der Waals surface area contributed by atoms with Gasteiger partial charge in [-0.05, 0) is 12.5 Å². The fourth-order valence-corrected chi connectivity index (χ4v) is 1.40. The topological polar surface area (TPSA) is 53.6 Å². The Labute approximate surface area is 76.5 Å². The maximum Gasteiger partial charge on any atom is 0.203 e. The molecule has 4 heteroatoms. The predicted octanol–water partition coefficient (Wildman–Crippen LogP) is 1.24. The van der Waals surface area contributed by atoms with Crippen molar-refractivity contribution in [3.05, 3.63) is 18.0 Å². The molecule has 1 aromatic heterocycles. The molecule has 66 valence electrons. The van der Waals surface area contributed by atoms with Crippen molar-refractivity contribution in [1.82, 2.24) is 9.55 Å². The van der Waals surface area contributed by atoms with Crippen molar-refractivity contribution in [2.45, 2.75) is 13.0 Å². The lowest BCUT2D eigenvalue weighted by Crippen LogP contribution is -2.16. The van der Waals surface area contributed by atoms with Crippen molar-refractivity contribution in [3.63, 3.8) is 0 Å². The first-order chi connectivity index (χ1) is 6.40. The molecule has 0 aliphatic carbocycles. The summed E-state index contributed by atoms with van der Waals surface area (Å²) >= 11 is 0. The van der Waals surface area contributed by atoms with Crippen LogP contribution in [-0.2, 0) is 6.54 Å². The molecule has 13 heavy (non-hydrogen) atoms. The number of nitrogens with zero attached hydrogens (tertiary/aromatic N) is 3. The van der Waals surface area contributed by atoms with Crippen LogP contribution < -0.4 is 5.32 Å². The van der Waals surface area contributed by atoms with E-state index in [1.54, 1.807) is 6.08 Å². The molecule has 0 unspecified atom stereocenters.